The highest BCUT2D eigenvalue weighted by atomic mass is 16.5. The number of hydrogen-bond donors (Lipinski definition) is 1. The van der Waals surface area contributed by atoms with Crippen LogP contribution >= 0.6 is 0 Å². The van der Waals surface area contributed by atoms with Crippen LogP contribution in [-0.2, 0) is 4.74 Å². The summed E-state index contributed by atoms with van der Waals surface area (Å²) in [6, 6.07) is 0.780. The summed E-state index contributed by atoms with van der Waals surface area (Å²) in [6.45, 7) is 3.06. The summed E-state index contributed by atoms with van der Waals surface area (Å²) in [5, 5.41) is 3.25. The Balaban J connectivity index is 2.18. The van der Waals surface area contributed by atoms with Crippen molar-refractivity contribution in [3.8, 4) is 0 Å². The molecule has 0 aromatic heterocycles. The molecule has 1 N–H and O–H groups in total. The van der Waals surface area contributed by atoms with Crippen molar-refractivity contribution in [1.82, 2.24) is 10.2 Å². The van der Waals surface area contributed by atoms with Crippen molar-refractivity contribution in [2.45, 2.75) is 18.9 Å². The number of nitrogens with zero attached hydrogens (tertiary/aromatic N) is 1. The Morgan fingerprint density at radius 2 is 2.23 bits per heavy atom. The molecule has 0 radical (unpaired) electrons. The van der Waals surface area contributed by atoms with Crippen molar-refractivity contribution in [2.24, 2.45) is 5.92 Å². The van der Waals surface area contributed by atoms with E-state index in [9.17, 15) is 0 Å². The van der Waals surface area contributed by atoms with E-state index in [4.69, 9.17) is 4.74 Å². The predicted octanol–water partition coefficient (Wildman–Crippen LogP) is 0.563. The van der Waals surface area contributed by atoms with Crippen LogP contribution in [0.2, 0.25) is 0 Å². The van der Waals surface area contributed by atoms with Gasteiger partial charge in [0.15, 0.2) is 0 Å². The molecule has 1 fully saturated rings. The van der Waals surface area contributed by atoms with Crippen LogP contribution < -0.4 is 5.32 Å². The van der Waals surface area contributed by atoms with Gasteiger partial charge < -0.3 is 15.0 Å². The lowest BCUT2D eigenvalue weighted by atomic mass is 9.78. The van der Waals surface area contributed by atoms with Crippen LogP contribution in [0, 0.1) is 5.92 Å². The van der Waals surface area contributed by atoms with Crippen LogP contribution in [0.25, 0.3) is 0 Å². The van der Waals surface area contributed by atoms with Gasteiger partial charge in [0.05, 0.1) is 6.61 Å². The lowest BCUT2D eigenvalue weighted by Gasteiger charge is -2.42. The average molecular weight is 186 g/mol. The molecule has 3 heteroatoms. The van der Waals surface area contributed by atoms with Crippen LogP contribution in [0.1, 0.15) is 12.8 Å². The van der Waals surface area contributed by atoms with Crippen LogP contribution in [0.3, 0.4) is 0 Å². The molecule has 0 aliphatic heterocycles. The highest BCUT2D eigenvalue weighted by Gasteiger charge is 2.32. The first-order valence-corrected chi connectivity index (χ1v) is 5.13. The molecule has 1 saturated carbocycles. The van der Waals surface area contributed by atoms with Crippen molar-refractivity contribution in [2.75, 3.05) is 40.9 Å². The third-order valence-corrected chi connectivity index (χ3v) is 3.06. The summed E-state index contributed by atoms with van der Waals surface area (Å²) in [6.07, 6.45) is 2.73. The van der Waals surface area contributed by atoms with E-state index < -0.39 is 0 Å². The Hall–Kier alpha value is -0.120. The Bertz CT molecular complexity index is 141. The SMILES string of the molecule is CNCC1CCC1N(C)CCOC. The molecule has 0 amide bonds. The van der Waals surface area contributed by atoms with Gasteiger partial charge in [0.25, 0.3) is 0 Å². The van der Waals surface area contributed by atoms with Crippen LogP contribution in [-0.4, -0.2) is 51.8 Å². The summed E-state index contributed by atoms with van der Waals surface area (Å²) in [5.41, 5.74) is 0. The summed E-state index contributed by atoms with van der Waals surface area (Å²) in [5.74, 6) is 0.854. The minimum atomic E-state index is 0.780. The summed E-state index contributed by atoms with van der Waals surface area (Å²) in [7, 11) is 6.00. The van der Waals surface area contributed by atoms with E-state index in [0.29, 0.717) is 0 Å². The molecule has 0 heterocycles. The fraction of sp³-hybridized carbons (Fsp3) is 1.00. The topological polar surface area (TPSA) is 24.5 Å². The number of likely N-dealkylation sites (N-methyl/N-ethyl adjacent to an activating group) is 1. The van der Waals surface area contributed by atoms with E-state index in [1.54, 1.807) is 7.11 Å². The zero-order valence-electron chi connectivity index (χ0n) is 9.05. The third-order valence-electron chi connectivity index (χ3n) is 3.06. The second-order valence-electron chi connectivity index (χ2n) is 3.94. The Labute approximate surface area is 81.4 Å². The molecule has 13 heavy (non-hydrogen) atoms. The van der Waals surface area contributed by atoms with E-state index in [0.717, 1.165) is 31.7 Å². The molecule has 1 rings (SSSR count). The molecule has 0 spiro atoms. The van der Waals surface area contributed by atoms with Gasteiger partial charge in [0.1, 0.15) is 0 Å². The molecule has 0 bridgehead atoms. The summed E-state index contributed by atoms with van der Waals surface area (Å²) >= 11 is 0. The minimum absolute atomic E-state index is 0.780. The van der Waals surface area contributed by atoms with Crippen molar-refractivity contribution in [1.29, 1.82) is 0 Å². The lowest BCUT2D eigenvalue weighted by Crippen LogP contribution is -2.49. The quantitative estimate of drug-likeness (QED) is 0.656. The van der Waals surface area contributed by atoms with Gasteiger partial charge in [0, 0.05) is 19.7 Å². The van der Waals surface area contributed by atoms with Gasteiger partial charge in [-0.2, -0.15) is 0 Å². The smallest absolute Gasteiger partial charge is 0.0589 e. The maximum atomic E-state index is 5.07. The van der Waals surface area contributed by atoms with Crippen molar-refractivity contribution >= 4 is 0 Å². The molecule has 3 nitrogen and oxygen atoms in total. The monoisotopic (exact) mass is 186 g/mol. The van der Waals surface area contributed by atoms with Gasteiger partial charge in [-0.05, 0) is 39.4 Å². The lowest BCUT2D eigenvalue weighted by molar-refractivity contribution is 0.0604. The van der Waals surface area contributed by atoms with E-state index in [-0.39, 0.29) is 0 Å². The van der Waals surface area contributed by atoms with Crippen LogP contribution in [0.15, 0.2) is 0 Å². The first-order valence-electron chi connectivity index (χ1n) is 5.13. The molecule has 2 unspecified atom stereocenters. The first kappa shape index (κ1) is 11.0. The molecule has 0 saturated heterocycles. The molecule has 1 aliphatic carbocycles. The van der Waals surface area contributed by atoms with Gasteiger partial charge in [-0.25, -0.2) is 0 Å². The molecule has 2 atom stereocenters. The third kappa shape index (κ3) is 2.93. The molecule has 78 valence electrons. The Kier molecular flexibility index (Phi) is 4.70. The van der Waals surface area contributed by atoms with Gasteiger partial charge in [0.2, 0.25) is 0 Å². The van der Waals surface area contributed by atoms with Crippen molar-refractivity contribution in [3.63, 3.8) is 0 Å². The van der Waals surface area contributed by atoms with Gasteiger partial charge in [-0.3, -0.25) is 0 Å². The number of rotatable bonds is 6. The maximum absolute atomic E-state index is 5.07. The van der Waals surface area contributed by atoms with Gasteiger partial charge >= 0.3 is 0 Å². The van der Waals surface area contributed by atoms with E-state index in [2.05, 4.69) is 17.3 Å². The van der Waals surface area contributed by atoms with E-state index >= 15 is 0 Å². The summed E-state index contributed by atoms with van der Waals surface area (Å²) in [4.78, 5) is 2.43. The average Bonchev–Trinajstić information content (AvgIpc) is 2.09. The number of ether oxygens (including phenoxy) is 1. The second kappa shape index (κ2) is 5.58. The second-order valence-corrected chi connectivity index (χ2v) is 3.94. The molecule has 0 aromatic carbocycles. The highest BCUT2D eigenvalue weighted by Crippen LogP contribution is 2.30. The molecular formula is C10H22N2O. The van der Waals surface area contributed by atoms with E-state index in [1.807, 2.05) is 7.05 Å². The standard InChI is InChI=1S/C10H22N2O/c1-11-8-9-4-5-10(9)12(2)6-7-13-3/h9-11H,4-8H2,1-3H3. The zero-order valence-corrected chi connectivity index (χ0v) is 9.05. The molecule has 0 aromatic rings. The highest BCUT2D eigenvalue weighted by molar-refractivity contribution is 4.88. The maximum Gasteiger partial charge on any atom is 0.0589 e. The predicted molar refractivity (Wildman–Crippen MR) is 54.9 cm³/mol. The Morgan fingerprint density at radius 3 is 2.69 bits per heavy atom. The summed E-state index contributed by atoms with van der Waals surface area (Å²) < 4.78 is 5.07. The fourth-order valence-electron chi connectivity index (χ4n) is 2.03. The number of hydrogen-bond acceptors (Lipinski definition) is 3. The van der Waals surface area contributed by atoms with Gasteiger partial charge in [-0.15, -0.1) is 0 Å². The largest absolute Gasteiger partial charge is 0.383 e. The normalized spacial score (nSPS) is 27.7. The minimum Gasteiger partial charge on any atom is -0.383 e. The number of nitrogens with one attached hydrogen (secondary N) is 1. The number of methoxy groups -OCH3 is 1. The Morgan fingerprint density at radius 1 is 1.46 bits per heavy atom. The van der Waals surface area contributed by atoms with Crippen LogP contribution in [0.4, 0.5) is 0 Å². The zero-order chi connectivity index (χ0) is 9.68. The van der Waals surface area contributed by atoms with Crippen molar-refractivity contribution in [3.05, 3.63) is 0 Å². The fourth-order valence-corrected chi connectivity index (χ4v) is 2.03. The van der Waals surface area contributed by atoms with Crippen molar-refractivity contribution < 1.29 is 4.74 Å². The molecule has 1 aliphatic rings. The van der Waals surface area contributed by atoms with Crippen LogP contribution in [0.5, 0.6) is 0 Å². The molecular weight excluding hydrogens is 164 g/mol. The van der Waals surface area contributed by atoms with Gasteiger partial charge in [-0.1, -0.05) is 0 Å². The first-order chi connectivity index (χ1) is 6.29. The van der Waals surface area contributed by atoms with E-state index in [1.165, 1.54) is 12.8 Å².